The van der Waals surface area contributed by atoms with Gasteiger partial charge in [0.25, 0.3) is 5.91 Å². The molecule has 0 saturated carbocycles. The summed E-state index contributed by atoms with van der Waals surface area (Å²) in [6, 6.07) is 33.4. The fourth-order valence-electron chi connectivity index (χ4n) is 3.45. The quantitative estimate of drug-likeness (QED) is 0.385. The molecule has 0 unspecified atom stereocenters. The van der Waals surface area contributed by atoms with Crippen molar-refractivity contribution in [3.05, 3.63) is 120 Å². The average Bonchev–Trinajstić information content (AvgIpc) is 2.87. The van der Waals surface area contributed by atoms with Gasteiger partial charge in [0.05, 0.1) is 7.11 Å². The normalized spacial score (nSPS) is 10.4. The van der Waals surface area contributed by atoms with E-state index in [1.54, 1.807) is 19.2 Å². The Morgan fingerprint density at radius 1 is 0.781 bits per heavy atom. The monoisotopic (exact) mass is 423 g/mol. The molecule has 32 heavy (non-hydrogen) atoms. The largest absolute Gasteiger partial charge is 0.496 e. The summed E-state index contributed by atoms with van der Waals surface area (Å²) in [6.45, 7) is 0.777. The van der Waals surface area contributed by atoms with Crippen LogP contribution in [0.2, 0.25) is 0 Å². The van der Waals surface area contributed by atoms with Crippen molar-refractivity contribution in [3.8, 4) is 22.6 Å². The molecule has 4 aromatic rings. The summed E-state index contributed by atoms with van der Waals surface area (Å²) in [7, 11) is 1.61. The van der Waals surface area contributed by atoms with E-state index < -0.39 is 0 Å². The van der Waals surface area contributed by atoms with E-state index in [0.29, 0.717) is 24.5 Å². The molecule has 0 aliphatic carbocycles. The maximum atomic E-state index is 12.6. The minimum atomic E-state index is -0.134. The van der Waals surface area contributed by atoms with E-state index in [9.17, 15) is 4.79 Å². The topological polar surface area (TPSA) is 47.6 Å². The van der Waals surface area contributed by atoms with Gasteiger partial charge >= 0.3 is 0 Å². The van der Waals surface area contributed by atoms with Gasteiger partial charge in [-0.25, -0.2) is 0 Å². The molecule has 0 atom stereocenters. The molecule has 0 aliphatic rings. The number of carbonyl (C=O) groups is 1. The Hall–Kier alpha value is -4.05. The van der Waals surface area contributed by atoms with Crippen LogP contribution in [0.4, 0.5) is 0 Å². The summed E-state index contributed by atoms with van der Waals surface area (Å²) in [5.41, 5.74) is 4.73. The lowest BCUT2D eigenvalue weighted by Gasteiger charge is -2.13. The Balaban J connectivity index is 1.42. The standard InChI is InChI=1S/C28H25NO3/c1-31-27-17-14-24(28(30)29-19-21-8-4-2-5-9-21)18-25(27)20-32-26-15-12-23(13-16-26)22-10-6-3-7-11-22/h2-18H,19-20H2,1H3,(H,29,30). The molecule has 0 bridgehead atoms. The van der Waals surface area contributed by atoms with Gasteiger partial charge in [-0.05, 0) is 47.0 Å². The van der Waals surface area contributed by atoms with Crippen LogP contribution in [0.25, 0.3) is 11.1 Å². The van der Waals surface area contributed by atoms with E-state index in [0.717, 1.165) is 28.0 Å². The van der Waals surface area contributed by atoms with Gasteiger partial charge in [-0.3, -0.25) is 4.79 Å². The molecule has 4 nitrogen and oxygen atoms in total. The second kappa shape index (κ2) is 10.3. The molecule has 0 aromatic heterocycles. The molecule has 4 rings (SSSR count). The number of hydrogen-bond acceptors (Lipinski definition) is 3. The molecule has 0 aliphatic heterocycles. The van der Waals surface area contributed by atoms with E-state index in [1.165, 1.54) is 0 Å². The van der Waals surface area contributed by atoms with Crippen LogP contribution in [0.3, 0.4) is 0 Å². The van der Waals surface area contributed by atoms with Crippen molar-refractivity contribution in [2.45, 2.75) is 13.2 Å². The van der Waals surface area contributed by atoms with Crippen LogP contribution < -0.4 is 14.8 Å². The van der Waals surface area contributed by atoms with Crippen LogP contribution in [0, 0.1) is 0 Å². The third kappa shape index (κ3) is 5.35. The van der Waals surface area contributed by atoms with Gasteiger partial charge in [-0.1, -0.05) is 72.8 Å². The molecule has 0 spiro atoms. The Bertz CT molecular complexity index is 1160. The molecular formula is C28H25NO3. The maximum Gasteiger partial charge on any atom is 0.251 e. The van der Waals surface area contributed by atoms with Gasteiger partial charge in [0.1, 0.15) is 18.1 Å². The van der Waals surface area contributed by atoms with Crippen molar-refractivity contribution in [2.24, 2.45) is 0 Å². The van der Waals surface area contributed by atoms with Gasteiger partial charge in [0.2, 0.25) is 0 Å². The van der Waals surface area contributed by atoms with Crippen molar-refractivity contribution >= 4 is 5.91 Å². The summed E-state index contributed by atoms with van der Waals surface area (Å²) in [5.74, 6) is 1.31. The van der Waals surface area contributed by atoms with Crippen LogP contribution in [0.1, 0.15) is 21.5 Å². The molecular weight excluding hydrogens is 398 g/mol. The summed E-state index contributed by atoms with van der Waals surface area (Å²) in [5, 5.41) is 2.95. The Labute approximate surface area is 188 Å². The molecule has 4 aromatic carbocycles. The Kier molecular flexibility index (Phi) is 6.83. The van der Waals surface area contributed by atoms with Gasteiger partial charge in [-0.2, -0.15) is 0 Å². The van der Waals surface area contributed by atoms with Crippen molar-refractivity contribution in [1.82, 2.24) is 5.32 Å². The van der Waals surface area contributed by atoms with Gasteiger partial charge < -0.3 is 14.8 Å². The highest BCUT2D eigenvalue weighted by molar-refractivity contribution is 5.94. The highest BCUT2D eigenvalue weighted by Gasteiger charge is 2.11. The van der Waals surface area contributed by atoms with E-state index in [-0.39, 0.29) is 5.91 Å². The maximum absolute atomic E-state index is 12.6. The number of methoxy groups -OCH3 is 1. The summed E-state index contributed by atoms with van der Waals surface area (Å²) >= 11 is 0. The van der Waals surface area contributed by atoms with Crippen LogP contribution in [0.15, 0.2) is 103 Å². The van der Waals surface area contributed by atoms with E-state index in [2.05, 4.69) is 17.4 Å². The number of ether oxygens (including phenoxy) is 2. The van der Waals surface area contributed by atoms with E-state index in [1.807, 2.05) is 78.9 Å². The first-order chi connectivity index (χ1) is 15.7. The molecule has 1 amide bonds. The molecule has 0 heterocycles. The number of hydrogen-bond donors (Lipinski definition) is 1. The van der Waals surface area contributed by atoms with Crippen LogP contribution in [-0.4, -0.2) is 13.0 Å². The molecule has 1 N–H and O–H groups in total. The summed E-state index contributed by atoms with van der Waals surface area (Å²) in [6.07, 6.45) is 0. The highest BCUT2D eigenvalue weighted by atomic mass is 16.5. The van der Waals surface area contributed by atoms with Crippen LogP contribution in [0.5, 0.6) is 11.5 Å². The Morgan fingerprint density at radius 2 is 1.44 bits per heavy atom. The first-order valence-electron chi connectivity index (χ1n) is 10.5. The summed E-state index contributed by atoms with van der Waals surface area (Å²) in [4.78, 5) is 12.6. The molecule has 160 valence electrons. The zero-order valence-electron chi connectivity index (χ0n) is 18.0. The third-order valence-electron chi connectivity index (χ3n) is 5.19. The SMILES string of the molecule is COc1ccc(C(=O)NCc2ccccc2)cc1COc1ccc(-c2ccccc2)cc1. The van der Waals surface area contributed by atoms with Gasteiger partial charge in [-0.15, -0.1) is 0 Å². The smallest absolute Gasteiger partial charge is 0.251 e. The first kappa shape index (κ1) is 21.2. The van der Waals surface area contributed by atoms with Crippen LogP contribution >= 0.6 is 0 Å². The zero-order chi connectivity index (χ0) is 22.2. The predicted octanol–water partition coefficient (Wildman–Crippen LogP) is 5.87. The van der Waals surface area contributed by atoms with Crippen molar-refractivity contribution in [1.29, 1.82) is 0 Å². The molecule has 0 saturated heterocycles. The van der Waals surface area contributed by atoms with E-state index in [4.69, 9.17) is 9.47 Å². The summed E-state index contributed by atoms with van der Waals surface area (Å²) < 4.78 is 11.4. The van der Waals surface area contributed by atoms with Gasteiger partial charge in [0, 0.05) is 17.7 Å². The zero-order valence-corrected chi connectivity index (χ0v) is 18.0. The average molecular weight is 424 g/mol. The lowest BCUT2D eigenvalue weighted by Crippen LogP contribution is -2.23. The number of carbonyl (C=O) groups excluding carboxylic acids is 1. The van der Waals surface area contributed by atoms with Crippen molar-refractivity contribution in [3.63, 3.8) is 0 Å². The first-order valence-corrected chi connectivity index (χ1v) is 10.5. The van der Waals surface area contributed by atoms with Gasteiger partial charge in [0.15, 0.2) is 0 Å². The minimum absolute atomic E-state index is 0.134. The van der Waals surface area contributed by atoms with Crippen molar-refractivity contribution in [2.75, 3.05) is 7.11 Å². The molecule has 4 heteroatoms. The van der Waals surface area contributed by atoms with Crippen LogP contribution in [-0.2, 0) is 13.2 Å². The number of rotatable bonds is 8. The van der Waals surface area contributed by atoms with E-state index >= 15 is 0 Å². The fourth-order valence-corrected chi connectivity index (χ4v) is 3.45. The molecule has 0 radical (unpaired) electrons. The fraction of sp³-hybridized carbons (Fsp3) is 0.107. The minimum Gasteiger partial charge on any atom is -0.496 e. The number of nitrogens with one attached hydrogen (secondary N) is 1. The second-order valence-corrected chi connectivity index (χ2v) is 7.37. The number of benzene rings is 4. The second-order valence-electron chi connectivity index (χ2n) is 7.37. The predicted molar refractivity (Wildman–Crippen MR) is 127 cm³/mol. The Morgan fingerprint density at radius 3 is 2.12 bits per heavy atom. The number of amides is 1. The lowest BCUT2D eigenvalue weighted by molar-refractivity contribution is 0.0950. The molecule has 0 fully saturated rings. The third-order valence-corrected chi connectivity index (χ3v) is 5.19. The highest BCUT2D eigenvalue weighted by Crippen LogP contribution is 2.25. The van der Waals surface area contributed by atoms with Crippen molar-refractivity contribution < 1.29 is 14.3 Å². The lowest BCUT2D eigenvalue weighted by atomic mass is 10.1.